The minimum Gasteiger partial charge on any atom is -0.224 e. The highest BCUT2D eigenvalue weighted by atomic mass is 35.5. The fourth-order valence-electron chi connectivity index (χ4n) is 1.60. The van der Waals surface area contributed by atoms with Crippen LogP contribution in [0.3, 0.4) is 0 Å². The van der Waals surface area contributed by atoms with Crippen LogP contribution in [0, 0.1) is 0 Å². The summed E-state index contributed by atoms with van der Waals surface area (Å²) in [6.45, 7) is 1.56. The molecule has 5 nitrogen and oxygen atoms in total. The summed E-state index contributed by atoms with van der Waals surface area (Å²) >= 11 is 0.776. The van der Waals surface area contributed by atoms with Gasteiger partial charge in [-0.05, 0) is 18.1 Å². The van der Waals surface area contributed by atoms with Crippen LogP contribution in [-0.2, 0) is 19.9 Å². The lowest BCUT2D eigenvalue weighted by Crippen LogP contribution is -2.17. The molecule has 0 aromatic carbocycles. The number of primary sulfonamides is 1. The Morgan fingerprint density at radius 3 is 2.47 bits per heavy atom. The van der Waals surface area contributed by atoms with Crippen molar-refractivity contribution in [3.63, 3.8) is 0 Å². The van der Waals surface area contributed by atoms with E-state index in [1.165, 1.54) is 6.08 Å². The van der Waals surface area contributed by atoms with Gasteiger partial charge in [-0.2, -0.15) is 0 Å². The molecular weight excluding hydrogens is 306 g/mol. The molecule has 1 unspecified atom stereocenters. The monoisotopic (exact) mass is 315 g/mol. The molecule has 0 saturated carbocycles. The van der Waals surface area contributed by atoms with Crippen molar-refractivity contribution in [3.05, 3.63) is 32.9 Å². The molecular formula is C8H10ClNO4S3. The SMILES string of the molecule is CC1=C(S(N)(=O)=O)SC2C1=CC=CS2(=O)=O.Cl. The Kier molecular flexibility index (Phi) is 3.85. The highest BCUT2D eigenvalue weighted by Crippen LogP contribution is 2.47. The van der Waals surface area contributed by atoms with Crippen LogP contribution >= 0.6 is 24.2 Å². The maximum Gasteiger partial charge on any atom is 0.244 e. The molecule has 0 bridgehead atoms. The summed E-state index contributed by atoms with van der Waals surface area (Å²) in [5.74, 6) is 0. The second kappa shape index (κ2) is 4.43. The largest absolute Gasteiger partial charge is 0.244 e. The first kappa shape index (κ1) is 14.8. The van der Waals surface area contributed by atoms with Crippen LogP contribution in [0.2, 0.25) is 0 Å². The van der Waals surface area contributed by atoms with E-state index < -0.39 is 24.4 Å². The molecule has 17 heavy (non-hydrogen) atoms. The zero-order valence-corrected chi connectivity index (χ0v) is 11.9. The average molecular weight is 316 g/mol. The highest BCUT2D eigenvalue weighted by molar-refractivity contribution is 8.25. The molecule has 2 rings (SSSR count). The minimum atomic E-state index is -3.85. The second-order valence-corrected chi connectivity index (χ2v) is 8.54. The van der Waals surface area contributed by atoms with Gasteiger partial charge in [-0.25, -0.2) is 22.0 Å². The van der Waals surface area contributed by atoms with Crippen LogP contribution in [-0.4, -0.2) is 21.4 Å². The van der Waals surface area contributed by atoms with E-state index >= 15 is 0 Å². The van der Waals surface area contributed by atoms with Gasteiger partial charge in [-0.3, -0.25) is 0 Å². The first-order valence-corrected chi connectivity index (χ1v) is 8.30. The Labute approximate surface area is 110 Å². The van der Waals surface area contributed by atoms with E-state index in [-0.39, 0.29) is 16.6 Å². The normalized spacial score (nSPS) is 26.2. The van der Waals surface area contributed by atoms with Crippen molar-refractivity contribution in [2.45, 2.75) is 11.5 Å². The predicted octanol–water partition coefficient (Wildman–Crippen LogP) is 0.870. The summed E-state index contributed by atoms with van der Waals surface area (Å²) in [4.78, 5) is 0. The number of hydrogen-bond donors (Lipinski definition) is 1. The van der Waals surface area contributed by atoms with Gasteiger partial charge in [0.15, 0.2) is 9.84 Å². The summed E-state index contributed by atoms with van der Waals surface area (Å²) in [6, 6.07) is 0. The summed E-state index contributed by atoms with van der Waals surface area (Å²) in [6.07, 6.45) is 3.00. The third-order valence-electron chi connectivity index (χ3n) is 2.31. The molecule has 0 spiro atoms. The molecule has 0 aromatic heterocycles. The number of sulfone groups is 1. The highest BCUT2D eigenvalue weighted by Gasteiger charge is 2.40. The Morgan fingerprint density at radius 1 is 1.41 bits per heavy atom. The summed E-state index contributed by atoms with van der Waals surface area (Å²) in [5, 5.41) is 6.10. The molecule has 2 aliphatic heterocycles. The predicted molar refractivity (Wildman–Crippen MR) is 70.6 cm³/mol. The van der Waals surface area contributed by atoms with Crippen LogP contribution < -0.4 is 5.14 Å². The molecule has 0 amide bonds. The average Bonchev–Trinajstić information content (AvgIpc) is 2.44. The molecule has 0 saturated heterocycles. The van der Waals surface area contributed by atoms with E-state index in [0.717, 1.165) is 17.2 Å². The number of fused-ring (bicyclic) bond motifs is 1. The van der Waals surface area contributed by atoms with E-state index in [0.29, 0.717) is 11.1 Å². The standard InChI is InChI=1S/C8H9NO4S3.ClH/c1-5-6-3-2-4-15(10,11)8(6)14-7(5)16(9,12)13;/h2-4,8H,1H3,(H2,9,12,13);1H. The van der Waals surface area contributed by atoms with Gasteiger partial charge in [0.25, 0.3) is 0 Å². The second-order valence-electron chi connectivity index (χ2n) is 3.45. The fraction of sp³-hybridized carbons (Fsp3) is 0.250. The number of allylic oxidation sites excluding steroid dienone is 3. The van der Waals surface area contributed by atoms with Crippen LogP contribution in [0.25, 0.3) is 0 Å². The lowest BCUT2D eigenvalue weighted by molar-refractivity contribution is 0.603. The topological polar surface area (TPSA) is 94.3 Å². The maximum absolute atomic E-state index is 11.7. The van der Waals surface area contributed by atoms with Gasteiger partial charge in [-0.15, -0.1) is 12.4 Å². The summed E-state index contributed by atoms with van der Waals surface area (Å²) in [5.41, 5.74) is 0.918. The zero-order chi connectivity index (χ0) is 12.1. The first-order valence-electron chi connectivity index (χ1n) is 4.26. The molecule has 0 fully saturated rings. The molecule has 0 radical (unpaired) electrons. The molecule has 2 heterocycles. The van der Waals surface area contributed by atoms with Gasteiger partial charge in [0.05, 0.1) is 0 Å². The van der Waals surface area contributed by atoms with Crippen molar-refractivity contribution < 1.29 is 16.8 Å². The number of halogens is 1. The van der Waals surface area contributed by atoms with E-state index in [9.17, 15) is 16.8 Å². The zero-order valence-electron chi connectivity index (χ0n) is 8.65. The first-order chi connectivity index (χ1) is 7.23. The molecule has 0 aliphatic carbocycles. The molecule has 0 aromatic rings. The third-order valence-corrected chi connectivity index (χ3v) is 7.59. The fourth-order valence-corrected chi connectivity index (χ4v) is 6.09. The van der Waals surface area contributed by atoms with E-state index in [1.54, 1.807) is 13.0 Å². The van der Waals surface area contributed by atoms with Gasteiger partial charge in [0, 0.05) is 5.41 Å². The van der Waals surface area contributed by atoms with Gasteiger partial charge < -0.3 is 0 Å². The van der Waals surface area contributed by atoms with Crippen LogP contribution in [0.1, 0.15) is 6.92 Å². The smallest absolute Gasteiger partial charge is 0.224 e. The number of nitrogens with two attached hydrogens (primary N) is 1. The number of thioether (sulfide) groups is 1. The van der Waals surface area contributed by atoms with Gasteiger partial charge >= 0.3 is 0 Å². The van der Waals surface area contributed by atoms with Crippen LogP contribution in [0.4, 0.5) is 0 Å². The number of sulfonamides is 1. The molecule has 9 heteroatoms. The van der Waals surface area contributed by atoms with Crippen molar-refractivity contribution in [3.8, 4) is 0 Å². The van der Waals surface area contributed by atoms with Crippen LogP contribution in [0.15, 0.2) is 32.9 Å². The number of hydrogen-bond acceptors (Lipinski definition) is 5. The van der Waals surface area contributed by atoms with E-state index in [4.69, 9.17) is 5.14 Å². The van der Waals surface area contributed by atoms with Crippen molar-refractivity contribution in [1.29, 1.82) is 0 Å². The maximum atomic E-state index is 11.7. The van der Waals surface area contributed by atoms with Crippen LogP contribution in [0.5, 0.6) is 0 Å². The Balaban J connectivity index is 0.00000144. The lowest BCUT2D eigenvalue weighted by Gasteiger charge is -2.13. The summed E-state index contributed by atoms with van der Waals surface area (Å²) < 4.78 is 44.9. The van der Waals surface area contributed by atoms with E-state index in [2.05, 4.69) is 0 Å². The molecule has 2 N–H and O–H groups in total. The van der Waals surface area contributed by atoms with Crippen molar-refractivity contribution in [1.82, 2.24) is 0 Å². The van der Waals surface area contributed by atoms with Gasteiger partial charge in [-0.1, -0.05) is 23.9 Å². The molecule has 96 valence electrons. The Bertz CT molecular complexity index is 642. The Hall–Kier alpha value is -0.280. The van der Waals surface area contributed by atoms with Crippen molar-refractivity contribution >= 4 is 44.0 Å². The quantitative estimate of drug-likeness (QED) is 0.774. The molecule has 1 atom stereocenters. The van der Waals surface area contributed by atoms with Gasteiger partial charge in [0.1, 0.15) is 8.82 Å². The third kappa shape index (κ3) is 2.45. The Morgan fingerprint density at radius 2 is 2.00 bits per heavy atom. The minimum absolute atomic E-state index is 0. The number of rotatable bonds is 1. The summed E-state index contributed by atoms with van der Waals surface area (Å²) in [7, 11) is -7.28. The molecule has 2 aliphatic rings. The van der Waals surface area contributed by atoms with Crippen molar-refractivity contribution in [2.24, 2.45) is 5.14 Å². The van der Waals surface area contributed by atoms with Crippen molar-refractivity contribution in [2.75, 3.05) is 0 Å². The lowest BCUT2D eigenvalue weighted by atomic mass is 10.1. The van der Waals surface area contributed by atoms with E-state index in [1.807, 2.05) is 0 Å². The van der Waals surface area contributed by atoms with Gasteiger partial charge in [0.2, 0.25) is 10.0 Å².